The van der Waals surface area contributed by atoms with E-state index in [1.165, 1.54) is 0 Å². The molecule has 0 spiro atoms. The molecule has 1 saturated carbocycles. The van der Waals surface area contributed by atoms with Gasteiger partial charge in [0.2, 0.25) is 0 Å². The molecule has 1 aliphatic carbocycles. The van der Waals surface area contributed by atoms with Gasteiger partial charge in [-0.3, -0.25) is 9.58 Å². The molecule has 6 rings (SSSR count). The van der Waals surface area contributed by atoms with E-state index in [4.69, 9.17) is 16.3 Å². The van der Waals surface area contributed by atoms with Crippen LogP contribution in [0.3, 0.4) is 0 Å². The lowest BCUT2D eigenvalue weighted by Gasteiger charge is -2.50. The number of piperazine rings is 1. The molecule has 3 aliphatic rings. The number of hydrogen-bond donors (Lipinski definition) is 1. The van der Waals surface area contributed by atoms with Gasteiger partial charge in [-0.2, -0.15) is 10.2 Å². The zero-order chi connectivity index (χ0) is 23.0. The summed E-state index contributed by atoms with van der Waals surface area (Å²) in [4.78, 5) is 4.91. The van der Waals surface area contributed by atoms with Gasteiger partial charge in [0.05, 0.1) is 65.2 Å². The molecule has 2 aliphatic heterocycles. The van der Waals surface area contributed by atoms with Gasteiger partial charge in [0.15, 0.2) is 0 Å². The molecule has 8 nitrogen and oxygen atoms in total. The Morgan fingerprint density at radius 3 is 2.52 bits per heavy atom. The first-order valence-electron chi connectivity index (χ1n) is 11.7. The summed E-state index contributed by atoms with van der Waals surface area (Å²) in [5.74, 6) is 0.234. The highest BCUT2D eigenvalue weighted by atomic mass is 35.5. The summed E-state index contributed by atoms with van der Waals surface area (Å²) < 4.78 is 9.35. The molecule has 4 heterocycles. The lowest BCUT2D eigenvalue weighted by Crippen LogP contribution is -2.64. The second-order valence-corrected chi connectivity index (χ2v) is 11.0. The van der Waals surface area contributed by atoms with Crippen LogP contribution in [0.4, 0.5) is 5.69 Å². The van der Waals surface area contributed by atoms with Gasteiger partial charge >= 0.3 is 0 Å². The third kappa shape index (κ3) is 3.64. The molecule has 2 saturated heterocycles. The summed E-state index contributed by atoms with van der Waals surface area (Å²) in [5.41, 5.74) is 2.49. The third-order valence-corrected chi connectivity index (χ3v) is 7.99. The van der Waals surface area contributed by atoms with Crippen molar-refractivity contribution in [2.45, 2.75) is 44.4 Å². The number of aromatic nitrogens is 4. The maximum atomic E-state index is 10.3. The van der Waals surface area contributed by atoms with E-state index >= 15 is 0 Å². The molecule has 1 unspecified atom stereocenters. The fourth-order valence-corrected chi connectivity index (χ4v) is 5.69. The standard InChI is InChI=1S/C24H31ClN6O2/c1-23(2,32)18-9-21(18)30-13-17(12-26-30)31-20-10-22(19(25)8-16(20)11-27-31)28-4-6-29(7-5-28)24(3)14-33-15-24/h8,10-13,18,21,32H,4-7,9,14-15H2,1-3H3/t18-,21?/m0/s1. The first-order valence-corrected chi connectivity index (χ1v) is 12.1. The largest absolute Gasteiger partial charge is 0.390 e. The van der Waals surface area contributed by atoms with Crippen molar-refractivity contribution < 1.29 is 9.84 Å². The van der Waals surface area contributed by atoms with Crippen molar-refractivity contribution >= 4 is 28.2 Å². The van der Waals surface area contributed by atoms with Crippen LogP contribution in [-0.4, -0.2) is 80.1 Å². The van der Waals surface area contributed by atoms with Crippen molar-refractivity contribution in [1.82, 2.24) is 24.5 Å². The average Bonchev–Trinajstić information content (AvgIpc) is 3.27. The predicted octanol–water partition coefficient (Wildman–Crippen LogP) is 3.12. The zero-order valence-electron chi connectivity index (χ0n) is 19.4. The molecular formula is C24H31ClN6O2. The van der Waals surface area contributed by atoms with E-state index in [2.05, 4.69) is 33.0 Å². The zero-order valence-corrected chi connectivity index (χ0v) is 20.2. The van der Waals surface area contributed by atoms with Gasteiger partial charge in [0.1, 0.15) is 5.69 Å². The SMILES string of the molecule is CC(C)(O)[C@H]1CC1n1cc(-n2ncc3cc(Cl)c(N4CCN(C5(C)COC5)CC4)cc32)cn1. The van der Waals surface area contributed by atoms with Crippen molar-refractivity contribution in [1.29, 1.82) is 0 Å². The number of ether oxygens (including phenoxy) is 1. The normalized spacial score (nSPS) is 25.4. The number of hydrogen-bond acceptors (Lipinski definition) is 6. The first-order chi connectivity index (χ1) is 15.7. The Hall–Kier alpha value is -2.13. The van der Waals surface area contributed by atoms with Crippen LogP contribution in [0.15, 0.2) is 30.7 Å². The first kappa shape index (κ1) is 21.4. The minimum absolute atomic E-state index is 0.185. The maximum Gasteiger partial charge on any atom is 0.103 e. The van der Waals surface area contributed by atoms with Crippen LogP contribution in [0.2, 0.25) is 5.02 Å². The lowest BCUT2D eigenvalue weighted by molar-refractivity contribution is -0.131. The topological polar surface area (TPSA) is 71.6 Å². The molecule has 0 amide bonds. The van der Waals surface area contributed by atoms with Crippen LogP contribution in [0.25, 0.3) is 16.6 Å². The molecule has 1 aromatic carbocycles. The van der Waals surface area contributed by atoms with Crippen LogP contribution < -0.4 is 4.90 Å². The Labute approximate surface area is 198 Å². The number of halogens is 1. The number of anilines is 1. The minimum Gasteiger partial charge on any atom is -0.390 e. The Morgan fingerprint density at radius 2 is 1.88 bits per heavy atom. The van der Waals surface area contributed by atoms with Gasteiger partial charge in [-0.25, -0.2) is 4.68 Å². The highest BCUT2D eigenvalue weighted by Crippen LogP contribution is 2.49. The molecule has 2 atom stereocenters. The molecule has 33 heavy (non-hydrogen) atoms. The summed E-state index contributed by atoms with van der Waals surface area (Å²) in [6.07, 6.45) is 6.67. The number of rotatable bonds is 5. The summed E-state index contributed by atoms with van der Waals surface area (Å²) in [6.45, 7) is 11.6. The highest BCUT2D eigenvalue weighted by Gasteiger charge is 2.48. The van der Waals surface area contributed by atoms with E-state index in [1.54, 1.807) is 0 Å². The van der Waals surface area contributed by atoms with Crippen LogP contribution in [0.5, 0.6) is 0 Å². The summed E-state index contributed by atoms with van der Waals surface area (Å²) in [7, 11) is 0. The minimum atomic E-state index is -0.687. The Kier molecular flexibility index (Phi) is 4.82. The third-order valence-electron chi connectivity index (χ3n) is 7.68. The van der Waals surface area contributed by atoms with E-state index in [0.29, 0.717) is 0 Å². The van der Waals surface area contributed by atoms with E-state index in [-0.39, 0.29) is 17.5 Å². The van der Waals surface area contributed by atoms with Gasteiger partial charge in [0, 0.05) is 37.5 Å². The fraction of sp³-hybridized carbons (Fsp3) is 0.583. The second-order valence-electron chi connectivity index (χ2n) is 10.6. The lowest BCUT2D eigenvalue weighted by atomic mass is 9.97. The molecule has 1 N–H and O–H groups in total. The molecule has 0 radical (unpaired) electrons. The highest BCUT2D eigenvalue weighted by molar-refractivity contribution is 6.34. The quantitative estimate of drug-likeness (QED) is 0.617. The van der Waals surface area contributed by atoms with E-state index in [0.717, 1.165) is 73.1 Å². The molecule has 176 valence electrons. The van der Waals surface area contributed by atoms with Crippen LogP contribution in [0, 0.1) is 5.92 Å². The van der Waals surface area contributed by atoms with Gasteiger partial charge in [-0.15, -0.1) is 0 Å². The van der Waals surface area contributed by atoms with E-state index in [9.17, 15) is 5.11 Å². The van der Waals surface area contributed by atoms with Gasteiger partial charge in [-0.1, -0.05) is 11.6 Å². The molecule has 3 fully saturated rings. The Bertz CT molecular complexity index is 1190. The molecule has 2 aromatic heterocycles. The average molecular weight is 471 g/mol. The predicted molar refractivity (Wildman–Crippen MR) is 128 cm³/mol. The molecular weight excluding hydrogens is 440 g/mol. The monoisotopic (exact) mass is 470 g/mol. The van der Waals surface area contributed by atoms with Crippen LogP contribution in [0.1, 0.15) is 33.2 Å². The number of fused-ring (bicyclic) bond motifs is 1. The molecule has 9 heteroatoms. The smallest absolute Gasteiger partial charge is 0.103 e. The van der Waals surface area contributed by atoms with Gasteiger partial charge in [-0.05, 0) is 39.3 Å². The molecule has 3 aromatic rings. The maximum absolute atomic E-state index is 10.3. The number of benzene rings is 1. The van der Waals surface area contributed by atoms with E-state index < -0.39 is 5.60 Å². The van der Waals surface area contributed by atoms with Crippen molar-refractivity contribution in [3.8, 4) is 5.69 Å². The van der Waals surface area contributed by atoms with Crippen molar-refractivity contribution in [3.63, 3.8) is 0 Å². The number of aliphatic hydroxyl groups is 1. The fourth-order valence-electron chi connectivity index (χ4n) is 5.40. The van der Waals surface area contributed by atoms with Crippen LogP contribution >= 0.6 is 11.6 Å². The van der Waals surface area contributed by atoms with Crippen molar-refractivity contribution in [2.75, 3.05) is 44.3 Å². The Morgan fingerprint density at radius 1 is 1.12 bits per heavy atom. The summed E-state index contributed by atoms with van der Waals surface area (Å²) in [6, 6.07) is 4.41. The van der Waals surface area contributed by atoms with Crippen LogP contribution in [-0.2, 0) is 4.74 Å². The second kappa shape index (κ2) is 7.43. The molecule has 0 bridgehead atoms. The summed E-state index contributed by atoms with van der Waals surface area (Å²) >= 11 is 6.72. The number of nitrogens with zero attached hydrogens (tertiary/aromatic N) is 6. The van der Waals surface area contributed by atoms with Crippen molar-refractivity contribution in [3.05, 3.63) is 35.7 Å². The summed E-state index contributed by atoms with van der Waals surface area (Å²) in [5, 5.41) is 21.3. The van der Waals surface area contributed by atoms with Crippen molar-refractivity contribution in [2.24, 2.45) is 5.92 Å². The van der Waals surface area contributed by atoms with Gasteiger partial charge in [0.25, 0.3) is 0 Å². The Balaban J connectivity index is 1.25. The van der Waals surface area contributed by atoms with E-state index in [1.807, 2.05) is 47.9 Å². The van der Waals surface area contributed by atoms with Gasteiger partial charge < -0.3 is 14.7 Å².